The van der Waals surface area contributed by atoms with E-state index in [0.717, 1.165) is 11.9 Å². The van der Waals surface area contributed by atoms with Gasteiger partial charge in [0.15, 0.2) is 0 Å². The fourth-order valence-electron chi connectivity index (χ4n) is 3.50. The molecule has 2 fully saturated rings. The van der Waals surface area contributed by atoms with Crippen LogP contribution in [0.1, 0.15) is 71.1 Å². The molecule has 0 aromatic heterocycles. The van der Waals surface area contributed by atoms with Crippen molar-refractivity contribution in [2.75, 3.05) is 0 Å². The summed E-state index contributed by atoms with van der Waals surface area (Å²) in [7, 11) is 0. The summed E-state index contributed by atoms with van der Waals surface area (Å²) in [6.45, 7) is 2.30. The summed E-state index contributed by atoms with van der Waals surface area (Å²) in [5, 5.41) is 3.53. The summed E-state index contributed by atoms with van der Waals surface area (Å²) in [5.41, 5.74) is 2.77. The average molecular weight is 266 g/mol. The molecule has 4 nitrogen and oxygen atoms in total. The smallest absolute Gasteiger partial charge is 0.206 e. The van der Waals surface area contributed by atoms with Crippen LogP contribution in [0.25, 0.3) is 0 Å². The Morgan fingerprint density at radius 1 is 1.11 bits per heavy atom. The van der Waals surface area contributed by atoms with Gasteiger partial charge in [0.05, 0.1) is 6.04 Å². The van der Waals surface area contributed by atoms with Gasteiger partial charge in [-0.3, -0.25) is 5.43 Å². The van der Waals surface area contributed by atoms with E-state index in [4.69, 9.17) is 10.8 Å². The van der Waals surface area contributed by atoms with Gasteiger partial charge in [-0.05, 0) is 31.6 Å². The Morgan fingerprint density at radius 3 is 2.58 bits per heavy atom. The molecule has 0 saturated heterocycles. The van der Waals surface area contributed by atoms with Gasteiger partial charge in [0.1, 0.15) is 0 Å². The number of hydrogen-bond acceptors (Lipinski definition) is 2. The van der Waals surface area contributed by atoms with Crippen LogP contribution in [0.15, 0.2) is 4.99 Å². The van der Waals surface area contributed by atoms with Crippen LogP contribution in [0, 0.1) is 5.92 Å². The quantitative estimate of drug-likeness (QED) is 0.318. The summed E-state index contributed by atoms with van der Waals surface area (Å²) in [6.07, 6.45) is 13.0. The van der Waals surface area contributed by atoms with E-state index in [9.17, 15) is 0 Å². The van der Waals surface area contributed by atoms with Gasteiger partial charge in [-0.25, -0.2) is 10.8 Å². The monoisotopic (exact) mass is 266 g/mol. The van der Waals surface area contributed by atoms with Crippen LogP contribution in [0.4, 0.5) is 0 Å². The predicted molar refractivity (Wildman–Crippen MR) is 80.8 cm³/mol. The predicted octanol–water partition coefficient (Wildman–Crippen LogP) is 2.70. The Bertz CT molecular complexity index is 284. The Labute approximate surface area is 117 Å². The number of hydrogen-bond donors (Lipinski definition) is 3. The van der Waals surface area contributed by atoms with Crippen LogP contribution < -0.4 is 16.6 Å². The van der Waals surface area contributed by atoms with Crippen LogP contribution in [-0.4, -0.2) is 18.0 Å². The Morgan fingerprint density at radius 2 is 1.89 bits per heavy atom. The summed E-state index contributed by atoms with van der Waals surface area (Å²) in [4.78, 5) is 4.77. The highest BCUT2D eigenvalue weighted by atomic mass is 15.3. The van der Waals surface area contributed by atoms with Gasteiger partial charge in [0.25, 0.3) is 0 Å². The number of guanidine groups is 1. The van der Waals surface area contributed by atoms with Crippen molar-refractivity contribution in [1.29, 1.82) is 0 Å². The van der Waals surface area contributed by atoms with E-state index in [1.807, 2.05) is 0 Å². The molecule has 0 amide bonds. The van der Waals surface area contributed by atoms with Crippen molar-refractivity contribution in [1.82, 2.24) is 10.7 Å². The van der Waals surface area contributed by atoms with Crippen molar-refractivity contribution in [3.63, 3.8) is 0 Å². The molecule has 2 atom stereocenters. The maximum Gasteiger partial charge on any atom is 0.206 e. The molecule has 0 aliphatic heterocycles. The highest BCUT2D eigenvalue weighted by molar-refractivity contribution is 5.79. The maximum atomic E-state index is 5.63. The van der Waals surface area contributed by atoms with E-state index < -0.39 is 0 Å². The Kier molecular flexibility index (Phi) is 5.95. The number of nitrogens with zero attached hydrogens (tertiary/aromatic N) is 1. The molecule has 2 unspecified atom stereocenters. The number of aliphatic imine (C=N–C) groups is 1. The third kappa shape index (κ3) is 4.68. The van der Waals surface area contributed by atoms with Crippen LogP contribution in [0.2, 0.25) is 0 Å². The van der Waals surface area contributed by atoms with Crippen molar-refractivity contribution < 1.29 is 0 Å². The molecule has 0 heterocycles. The molecule has 0 aromatic carbocycles. The average Bonchev–Trinajstić information content (AvgIpc) is 2.48. The molecule has 2 aliphatic rings. The second-order valence-electron chi connectivity index (χ2n) is 6.20. The second kappa shape index (κ2) is 7.73. The van der Waals surface area contributed by atoms with Crippen molar-refractivity contribution in [3.8, 4) is 0 Å². The van der Waals surface area contributed by atoms with Gasteiger partial charge in [0.2, 0.25) is 5.96 Å². The first kappa shape index (κ1) is 14.6. The minimum atomic E-state index is 0.470. The van der Waals surface area contributed by atoms with Crippen molar-refractivity contribution >= 4 is 5.96 Å². The van der Waals surface area contributed by atoms with Crippen molar-refractivity contribution in [2.45, 2.75) is 83.2 Å². The Balaban J connectivity index is 1.85. The first-order valence-corrected chi connectivity index (χ1v) is 8.12. The van der Waals surface area contributed by atoms with Gasteiger partial charge in [0, 0.05) is 6.04 Å². The van der Waals surface area contributed by atoms with E-state index in [0.29, 0.717) is 12.1 Å². The number of nitrogens with one attached hydrogen (secondary N) is 2. The molecule has 0 spiro atoms. The zero-order valence-electron chi connectivity index (χ0n) is 12.3. The lowest BCUT2D eigenvalue weighted by atomic mass is 9.84. The van der Waals surface area contributed by atoms with Crippen LogP contribution in [-0.2, 0) is 0 Å². The highest BCUT2D eigenvalue weighted by Crippen LogP contribution is 2.26. The van der Waals surface area contributed by atoms with E-state index in [1.54, 1.807) is 0 Å². The van der Waals surface area contributed by atoms with Crippen molar-refractivity contribution in [3.05, 3.63) is 0 Å². The molecule has 2 aliphatic carbocycles. The number of rotatable bonds is 3. The first-order chi connectivity index (χ1) is 9.31. The van der Waals surface area contributed by atoms with Gasteiger partial charge < -0.3 is 5.32 Å². The molecular formula is C15H30N4. The van der Waals surface area contributed by atoms with Crippen LogP contribution in [0.5, 0.6) is 0 Å². The van der Waals surface area contributed by atoms with E-state index in [-0.39, 0.29) is 0 Å². The zero-order chi connectivity index (χ0) is 13.5. The Hall–Kier alpha value is -0.770. The lowest BCUT2D eigenvalue weighted by Crippen LogP contribution is -2.48. The zero-order valence-corrected chi connectivity index (χ0v) is 12.3. The van der Waals surface area contributed by atoms with Crippen LogP contribution >= 0.6 is 0 Å². The lowest BCUT2D eigenvalue weighted by molar-refractivity contribution is 0.298. The normalized spacial score (nSPS) is 30.1. The SMILES string of the molecule is CCC1CCCC(NC(=NC2CCCCC2)NN)C1. The standard InChI is InChI=1S/C15H30N4/c1-2-12-7-6-10-14(11-12)18-15(19-16)17-13-8-4-3-5-9-13/h12-14H,2-11,16H2,1H3,(H2,17,18,19). The molecular weight excluding hydrogens is 236 g/mol. The summed E-state index contributed by atoms with van der Waals surface area (Å²) in [5.74, 6) is 7.32. The molecule has 19 heavy (non-hydrogen) atoms. The number of nitrogens with two attached hydrogens (primary N) is 1. The maximum absolute atomic E-state index is 5.63. The fourth-order valence-corrected chi connectivity index (χ4v) is 3.50. The minimum Gasteiger partial charge on any atom is -0.353 e. The van der Waals surface area contributed by atoms with E-state index >= 15 is 0 Å². The highest BCUT2D eigenvalue weighted by Gasteiger charge is 2.22. The van der Waals surface area contributed by atoms with Crippen molar-refractivity contribution in [2.24, 2.45) is 16.8 Å². The fraction of sp³-hybridized carbons (Fsp3) is 0.933. The van der Waals surface area contributed by atoms with Crippen LogP contribution in [0.3, 0.4) is 0 Å². The molecule has 4 heteroatoms. The van der Waals surface area contributed by atoms with Gasteiger partial charge in [-0.15, -0.1) is 0 Å². The molecule has 0 radical (unpaired) electrons. The largest absolute Gasteiger partial charge is 0.353 e. The molecule has 2 rings (SSSR count). The van der Waals surface area contributed by atoms with E-state index in [2.05, 4.69) is 17.7 Å². The number of hydrazine groups is 1. The first-order valence-electron chi connectivity index (χ1n) is 8.12. The third-order valence-corrected chi connectivity index (χ3v) is 4.72. The molecule has 2 saturated carbocycles. The molecule has 0 aromatic rings. The summed E-state index contributed by atoms with van der Waals surface area (Å²) in [6, 6.07) is 1.02. The minimum absolute atomic E-state index is 0.470. The van der Waals surface area contributed by atoms with Gasteiger partial charge >= 0.3 is 0 Å². The van der Waals surface area contributed by atoms with Gasteiger partial charge in [-0.2, -0.15) is 0 Å². The molecule has 4 N–H and O–H groups in total. The topological polar surface area (TPSA) is 62.4 Å². The third-order valence-electron chi connectivity index (χ3n) is 4.72. The lowest BCUT2D eigenvalue weighted by Gasteiger charge is -2.30. The summed E-state index contributed by atoms with van der Waals surface area (Å²) >= 11 is 0. The molecule has 0 bridgehead atoms. The second-order valence-corrected chi connectivity index (χ2v) is 6.20. The van der Waals surface area contributed by atoms with Gasteiger partial charge in [-0.1, -0.05) is 45.4 Å². The molecule has 110 valence electrons. The van der Waals surface area contributed by atoms with E-state index in [1.165, 1.54) is 64.2 Å². The summed E-state index contributed by atoms with van der Waals surface area (Å²) < 4.78 is 0.